The zero-order valence-corrected chi connectivity index (χ0v) is 10.1. The highest BCUT2D eigenvalue weighted by molar-refractivity contribution is 6.02. The maximum atomic E-state index is 12.5. The summed E-state index contributed by atoms with van der Waals surface area (Å²) in [4.78, 5) is 12.5. The minimum absolute atomic E-state index is 0.0225. The van der Waals surface area contributed by atoms with Crippen molar-refractivity contribution >= 4 is 16.8 Å². The molecule has 0 N–H and O–H groups in total. The van der Waals surface area contributed by atoms with Gasteiger partial charge in [-0.3, -0.25) is 9.36 Å². The lowest BCUT2D eigenvalue weighted by Crippen LogP contribution is -2.12. The summed E-state index contributed by atoms with van der Waals surface area (Å²) >= 11 is 0. The van der Waals surface area contributed by atoms with E-state index in [9.17, 15) is 4.79 Å². The minimum atomic E-state index is 0.0225. The van der Waals surface area contributed by atoms with Crippen LogP contribution < -0.4 is 0 Å². The van der Waals surface area contributed by atoms with Gasteiger partial charge in [-0.05, 0) is 31.2 Å². The summed E-state index contributed by atoms with van der Waals surface area (Å²) in [5, 5.41) is 1.10. The molecule has 1 heterocycles. The molecule has 88 valence electrons. The lowest BCUT2D eigenvalue weighted by atomic mass is 10.2. The molecule has 0 saturated carbocycles. The van der Waals surface area contributed by atoms with Crippen LogP contribution in [0.4, 0.5) is 0 Å². The number of para-hydroxylation sites is 1. The lowest BCUT2D eigenvalue weighted by Gasteiger charge is -2.06. The Hall–Kier alpha value is -2.35. The standard InChI is InChI=1S/C16H13NO/c1-12-11-14-9-5-6-10-15(14)17(12)16(18)13-7-3-2-4-8-13/h2-11H,1H3. The zero-order valence-electron chi connectivity index (χ0n) is 10.1. The first-order valence-corrected chi connectivity index (χ1v) is 5.94. The maximum absolute atomic E-state index is 12.5. The molecule has 0 atom stereocenters. The van der Waals surface area contributed by atoms with Crippen LogP contribution in [0.1, 0.15) is 16.1 Å². The third-order valence-electron chi connectivity index (χ3n) is 3.12. The normalized spacial score (nSPS) is 10.7. The Kier molecular flexibility index (Phi) is 2.49. The van der Waals surface area contributed by atoms with E-state index in [0.29, 0.717) is 5.56 Å². The van der Waals surface area contributed by atoms with Crippen molar-refractivity contribution in [2.75, 3.05) is 0 Å². The van der Waals surface area contributed by atoms with E-state index < -0.39 is 0 Å². The highest BCUT2D eigenvalue weighted by Gasteiger charge is 2.13. The van der Waals surface area contributed by atoms with E-state index in [-0.39, 0.29) is 5.91 Å². The quantitative estimate of drug-likeness (QED) is 0.631. The molecular weight excluding hydrogens is 222 g/mol. The first kappa shape index (κ1) is 10.8. The number of aromatic nitrogens is 1. The highest BCUT2D eigenvalue weighted by Crippen LogP contribution is 2.20. The number of carbonyl (C=O) groups is 1. The van der Waals surface area contributed by atoms with Gasteiger partial charge in [-0.15, -0.1) is 0 Å². The Morgan fingerprint density at radius 1 is 0.944 bits per heavy atom. The van der Waals surface area contributed by atoms with E-state index in [2.05, 4.69) is 0 Å². The number of hydrogen-bond acceptors (Lipinski definition) is 1. The van der Waals surface area contributed by atoms with Crippen molar-refractivity contribution < 1.29 is 4.79 Å². The predicted molar refractivity (Wildman–Crippen MR) is 72.8 cm³/mol. The first-order chi connectivity index (χ1) is 8.77. The number of hydrogen-bond donors (Lipinski definition) is 0. The molecule has 0 aliphatic heterocycles. The Morgan fingerprint density at radius 2 is 1.61 bits per heavy atom. The molecular formula is C16H13NO. The largest absolute Gasteiger partial charge is 0.280 e. The van der Waals surface area contributed by atoms with Gasteiger partial charge in [-0.1, -0.05) is 36.4 Å². The Bertz CT molecular complexity index is 710. The van der Waals surface area contributed by atoms with Crippen LogP contribution in [-0.4, -0.2) is 10.5 Å². The molecule has 2 heteroatoms. The molecule has 3 rings (SSSR count). The smallest absolute Gasteiger partial charge is 0.262 e. The molecule has 18 heavy (non-hydrogen) atoms. The van der Waals surface area contributed by atoms with E-state index in [1.165, 1.54) is 0 Å². The van der Waals surface area contributed by atoms with Crippen LogP contribution in [0.2, 0.25) is 0 Å². The van der Waals surface area contributed by atoms with E-state index >= 15 is 0 Å². The molecule has 0 fully saturated rings. The number of benzene rings is 2. The summed E-state index contributed by atoms with van der Waals surface area (Å²) < 4.78 is 1.77. The van der Waals surface area contributed by atoms with Crippen molar-refractivity contribution in [3.63, 3.8) is 0 Å². The SMILES string of the molecule is Cc1cc2ccccc2n1C(=O)c1ccccc1. The molecule has 0 radical (unpaired) electrons. The fourth-order valence-electron chi connectivity index (χ4n) is 2.27. The second-order valence-electron chi connectivity index (χ2n) is 4.35. The fraction of sp³-hybridized carbons (Fsp3) is 0.0625. The summed E-state index contributed by atoms with van der Waals surface area (Å²) in [7, 11) is 0. The summed E-state index contributed by atoms with van der Waals surface area (Å²) in [6.45, 7) is 1.96. The van der Waals surface area contributed by atoms with Crippen molar-refractivity contribution in [3.05, 3.63) is 71.9 Å². The van der Waals surface area contributed by atoms with E-state index in [0.717, 1.165) is 16.6 Å². The molecule has 1 aromatic heterocycles. The van der Waals surface area contributed by atoms with Gasteiger partial charge in [0.05, 0.1) is 5.52 Å². The monoisotopic (exact) mass is 235 g/mol. The van der Waals surface area contributed by atoms with Crippen molar-refractivity contribution in [2.24, 2.45) is 0 Å². The highest BCUT2D eigenvalue weighted by atomic mass is 16.2. The molecule has 0 spiro atoms. The van der Waals surface area contributed by atoms with Gasteiger partial charge >= 0.3 is 0 Å². The molecule has 2 aromatic carbocycles. The summed E-state index contributed by atoms with van der Waals surface area (Å²) in [5.41, 5.74) is 2.64. The summed E-state index contributed by atoms with van der Waals surface area (Å²) in [5.74, 6) is 0.0225. The van der Waals surface area contributed by atoms with Crippen LogP contribution in [0, 0.1) is 6.92 Å². The summed E-state index contributed by atoms with van der Waals surface area (Å²) in [6, 6.07) is 19.3. The van der Waals surface area contributed by atoms with Crippen LogP contribution in [0.5, 0.6) is 0 Å². The molecule has 0 saturated heterocycles. The van der Waals surface area contributed by atoms with Crippen LogP contribution in [0.25, 0.3) is 10.9 Å². The molecule has 0 aliphatic rings. The van der Waals surface area contributed by atoms with Gasteiger partial charge < -0.3 is 0 Å². The van der Waals surface area contributed by atoms with Crippen molar-refractivity contribution in [1.82, 2.24) is 4.57 Å². The first-order valence-electron chi connectivity index (χ1n) is 5.94. The second kappa shape index (κ2) is 4.15. The van der Waals surface area contributed by atoms with E-state index in [4.69, 9.17) is 0 Å². The van der Waals surface area contributed by atoms with Crippen LogP contribution in [0.3, 0.4) is 0 Å². The van der Waals surface area contributed by atoms with E-state index in [1.54, 1.807) is 4.57 Å². The topological polar surface area (TPSA) is 22.0 Å². The molecule has 2 nitrogen and oxygen atoms in total. The van der Waals surface area contributed by atoms with Gasteiger partial charge in [0.25, 0.3) is 5.91 Å². The number of nitrogens with zero attached hydrogens (tertiary/aromatic N) is 1. The molecule has 3 aromatic rings. The number of aryl methyl sites for hydroxylation is 1. The Balaban J connectivity index is 2.21. The minimum Gasteiger partial charge on any atom is -0.280 e. The lowest BCUT2D eigenvalue weighted by molar-refractivity contribution is 0.0963. The van der Waals surface area contributed by atoms with E-state index in [1.807, 2.05) is 67.6 Å². The number of carbonyl (C=O) groups excluding carboxylic acids is 1. The molecule has 0 aliphatic carbocycles. The van der Waals surface area contributed by atoms with Gasteiger partial charge in [0.15, 0.2) is 0 Å². The van der Waals surface area contributed by atoms with Gasteiger partial charge in [0.1, 0.15) is 0 Å². The van der Waals surface area contributed by atoms with Crippen molar-refractivity contribution in [3.8, 4) is 0 Å². The zero-order chi connectivity index (χ0) is 12.5. The third kappa shape index (κ3) is 1.63. The van der Waals surface area contributed by atoms with Crippen molar-refractivity contribution in [2.45, 2.75) is 6.92 Å². The van der Waals surface area contributed by atoms with Gasteiger partial charge in [-0.25, -0.2) is 0 Å². The van der Waals surface area contributed by atoms with Gasteiger partial charge in [0, 0.05) is 16.6 Å². The summed E-state index contributed by atoms with van der Waals surface area (Å²) in [6.07, 6.45) is 0. The van der Waals surface area contributed by atoms with Crippen LogP contribution in [0.15, 0.2) is 60.7 Å². The maximum Gasteiger partial charge on any atom is 0.262 e. The van der Waals surface area contributed by atoms with Gasteiger partial charge in [-0.2, -0.15) is 0 Å². The van der Waals surface area contributed by atoms with Crippen molar-refractivity contribution in [1.29, 1.82) is 0 Å². The Labute approximate surface area is 105 Å². The number of rotatable bonds is 1. The predicted octanol–water partition coefficient (Wildman–Crippen LogP) is 3.64. The van der Waals surface area contributed by atoms with Crippen LogP contribution >= 0.6 is 0 Å². The average molecular weight is 235 g/mol. The van der Waals surface area contributed by atoms with Crippen LogP contribution in [-0.2, 0) is 0 Å². The third-order valence-corrected chi connectivity index (χ3v) is 3.12. The number of fused-ring (bicyclic) bond motifs is 1. The fourth-order valence-corrected chi connectivity index (χ4v) is 2.27. The molecule has 0 amide bonds. The molecule has 0 unspecified atom stereocenters. The average Bonchev–Trinajstić information content (AvgIpc) is 2.75. The molecule has 0 bridgehead atoms. The second-order valence-corrected chi connectivity index (χ2v) is 4.35. The van der Waals surface area contributed by atoms with Gasteiger partial charge in [0.2, 0.25) is 0 Å². The Morgan fingerprint density at radius 3 is 2.39 bits per heavy atom.